The lowest BCUT2D eigenvalue weighted by molar-refractivity contribution is 0.601. The first-order valence-electron chi connectivity index (χ1n) is 7.94. The molecule has 0 spiro atoms. The van der Waals surface area contributed by atoms with E-state index in [0.717, 1.165) is 43.5 Å². The van der Waals surface area contributed by atoms with Crippen LogP contribution in [0, 0.1) is 13.8 Å². The van der Waals surface area contributed by atoms with Crippen LogP contribution in [0.1, 0.15) is 56.0 Å². The molecule has 1 aliphatic heterocycles. The Morgan fingerprint density at radius 1 is 1.15 bits per heavy atom. The van der Waals surface area contributed by atoms with E-state index in [0.29, 0.717) is 5.92 Å². The molecule has 0 bridgehead atoms. The lowest BCUT2D eigenvalue weighted by atomic mass is 9.98. The number of aromatic nitrogens is 2. The monoisotopic (exact) mass is 276 g/mol. The SMILES string of the molecule is CCCNCC(C)c1c(C)nc(N2CCCC2)nc1C. The second-order valence-corrected chi connectivity index (χ2v) is 5.91. The molecule has 1 saturated heterocycles. The normalized spacial score (nSPS) is 16.7. The zero-order valence-electron chi connectivity index (χ0n) is 13.4. The van der Waals surface area contributed by atoms with Crippen molar-refractivity contribution in [3.8, 4) is 0 Å². The Labute approximate surface area is 123 Å². The van der Waals surface area contributed by atoms with E-state index in [2.05, 4.69) is 37.9 Å². The highest BCUT2D eigenvalue weighted by Crippen LogP contribution is 2.24. The van der Waals surface area contributed by atoms with Gasteiger partial charge in [-0.05, 0) is 51.1 Å². The topological polar surface area (TPSA) is 41.1 Å². The molecule has 1 aromatic rings. The number of nitrogens with one attached hydrogen (secondary N) is 1. The van der Waals surface area contributed by atoms with Crippen LogP contribution in [0.2, 0.25) is 0 Å². The zero-order chi connectivity index (χ0) is 14.5. The smallest absolute Gasteiger partial charge is 0.225 e. The van der Waals surface area contributed by atoms with E-state index < -0.39 is 0 Å². The third-order valence-corrected chi connectivity index (χ3v) is 4.07. The maximum absolute atomic E-state index is 4.75. The summed E-state index contributed by atoms with van der Waals surface area (Å²) in [6.07, 6.45) is 3.70. The van der Waals surface area contributed by atoms with Gasteiger partial charge >= 0.3 is 0 Å². The lowest BCUT2D eigenvalue weighted by Crippen LogP contribution is -2.24. The molecule has 1 aliphatic rings. The van der Waals surface area contributed by atoms with E-state index in [1.54, 1.807) is 0 Å². The zero-order valence-corrected chi connectivity index (χ0v) is 13.4. The lowest BCUT2D eigenvalue weighted by Gasteiger charge is -2.21. The number of aryl methyl sites for hydroxylation is 2. The number of anilines is 1. The van der Waals surface area contributed by atoms with Gasteiger partial charge in [0.2, 0.25) is 5.95 Å². The number of hydrogen-bond acceptors (Lipinski definition) is 4. The number of rotatable bonds is 6. The summed E-state index contributed by atoms with van der Waals surface area (Å²) in [5, 5.41) is 3.49. The second kappa shape index (κ2) is 7.02. The minimum Gasteiger partial charge on any atom is -0.341 e. The molecule has 2 heterocycles. The van der Waals surface area contributed by atoms with Crippen LogP contribution in [-0.2, 0) is 0 Å². The molecule has 0 saturated carbocycles. The third kappa shape index (κ3) is 3.48. The van der Waals surface area contributed by atoms with Crippen LogP contribution in [0.15, 0.2) is 0 Å². The summed E-state index contributed by atoms with van der Waals surface area (Å²) in [4.78, 5) is 11.8. The van der Waals surface area contributed by atoms with Gasteiger partial charge in [0.05, 0.1) is 0 Å². The second-order valence-electron chi connectivity index (χ2n) is 5.91. The van der Waals surface area contributed by atoms with Crippen LogP contribution in [0.3, 0.4) is 0 Å². The van der Waals surface area contributed by atoms with Gasteiger partial charge in [-0.3, -0.25) is 0 Å². The standard InChI is InChI=1S/C16H28N4/c1-5-8-17-11-12(2)15-13(3)18-16(19-14(15)4)20-9-6-7-10-20/h12,17H,5-11H2,1-4H3. The van der Waals surface area contributed by atoms with Gasteiger partial charge in [0.15, 0.2) is 0 Å². The Morgan fingerprint density at radius 3 is 2.30 bits per heavy atom. The Hall–Kier alpha value is -1.16. The van der Waals surface area contributed by atoms with Crippen LogP contribution in [0.4, 0.5) is 5.95 Å². The van der Waals surface area contributed by atoms with E-state index in [4.69, 9.17) is 9.97 Å². The average molecular weight is 276 g/mol. The van der Waals surface area contributed by atoms with Crippen molar-refractivity contribution in [1.29, 1.82) is 0 Å². The van der Waals surface area contributed by atoms with Gasteiger partial charge in [-0.25, -0.2) is 9.97 Å². The average Bonchev–Trinajstić information content (AvgIpc) is 2.92. The molecule has 0 radical (unpaired) electrons. The van der Waals surface area contributed by atoms with E-state index in [-0.39, 0.29) is 0 Å². The van der Waals surface area contributed by atoms with Crippen LogP contribution in [0.25, 0.3) is 0 Å². The molecule has 4 nitrogen and oxygen atoms in total. The molecule has 4 heteroatoms. The van der Waals surface area contributed by atoms with Crippen molar-refractivity contribution in [2.75, 3.05) is 31.1 Å². The molecule has 0 amide bonds. The fourth-order valence-electron chi connectivity index (χ4n) is 3.08. The molecule has 1 aromatic heterocycles. The van der Waals surface area contributed by atoms with Crippen LogP contribution >= 0.6 is 0 Å². The first kappa shape index (κ1) is 15.2. The van der Waals surface area contributed by atoms with Crippen LogP contribution < -0.4 is 10.2 Å². The van der Waals surface area contributed by atoms with Crippen molar-refractivity contribution < 1.29 is 0 Å². The molecule has 0 aromatic carbocycles. The van der Waals surface area contributed by atoms with Crippen LogP contribution in [-0.4, -0.2) is 36.1 Å². The molecular formula is C16H28N4. The Bertz CT molecular complexity index is 415. The molecule has 20 heavy (non-hydrogen) atoms. The van der Waals surface area contributed by atoms with E-state index >= 15 is 0 Å². The van der Waals surface area contributed by atoms with Crippen molar-refractivity contribution in [3.05, 3.63) is 17.0 Å². The Morgan fingerprint density at radius 2 is 1.75 bits per heavy atom. The summed E-state index contributed by atoms with van der Waals surface area (Å²) >= 11 is 0. The quantitative estimate of drug-likeness (QED) is 0.811. The van der Waals surface area contributed by atoms with E-state index in [9.17, 15) is 0 Å². The maximum atomic E-state index is 4.75. The molecule has 1 atom stereocenters. The summed E-state index contributed by atoms with van der Waals surface area (Å²) in [5.41, 5.74) is 3.60. The van der Waals surface area contributed by atoms with Crippen molar-refractivity contribution in [3.63, 3.8) is 0 Å². The van der Waals surface area contributed by atoms with Gasteiger partial charge in [0.25, 0.3) is 0 Å². The van der Waals surface area contributed by atoms with Crippen molar-refractivity contribution >= 4 is 5.95 Å². The minimum absolute atomic E-state index is 0.467. The summed E-state index contributed by atoms with van der Waals surface area (Å²) in [5.74, 6) is 1.39. The predicted octanol–water partition coefficient (Wildman–Crippen LogP) is 2.80. The maximum Gasteiger partial charge on any atom is 0.225 e. The number of hydrogen-bond donors (Lipinski definition) is 1. The largest absolute Gasteiger partial charge is 0.341 e. The molecule has 1 unspecified atom stereocenters. The van der Waals surface area contributed by atoms with E-state index in [1.165, 1.54) is 24.8 Å². The van der Waals surface area contributed by atoms with Crippen molar-refractivity contribution in [2.24, 2.45) is 0 Å². The van der Waals surface area contributed by atoms with Crippen molar-refractivity contribution in [2.45, 2.75) is 52.9 Å². The van der Waals surface area contributed by atoms with Gasteiger partial charge in [0, 0.05) is 31.0 Å². The molecule has 1 fully saturated rings. The highest BCUT2D eigenvalue weighted by molar-refractivity contribution is 5.38. The fourth-order valence-corrected chi connectivity index (χ4v) is 3.08. The highest BCUT2D eigenvalue weighted by atomic mass is 15.3. The molecule has 112 valence electrons. The summed E-state index contributed by atoms with van der Waals surface area (Å²) in [6, 6.07) is 0. The first-order valence-corrected chi connectivity index (χ1v) is 7.94. The Balaban J connectivity index is 2.13. The first-order chi connectivity index (χ1) is 9.63. The number of nitrogens with zero attached hydrogens (tertiary/aromatic N) is 3. The molecule has 2 rings (SSSR count). The van der Waals surface area contributed by atoms with Gasteiger partial charge in [0.1, 0.15) is 0 Å². The van der Waals surface area contributed by atoms with Gasteiger partial charge in [-0.2, -0.15) is 0 Å². The van der Waals surface area contributed by atoms with Crippen LogP contribution in [0.5, 0.6) is 0 Å². The van der Waals surface area contributed by atoms with Gasteiger partial charge in [-0.1, -0.05) is 13.8 Å². The summed E-state index contributed by atoms with van der Waals surface area (Å²) in [7, 11) is 0. The summed E-state index contributed by atoms with van der Waals surface area (Å²) < 4.78 is 0. The van der Waals surface area contributed by atoms with E-state index in [1.807, 2.05) is 0 Å². The molecular weight excluding hydrogens is 248 g/mol. The third-order valence-electron chi connectivity index (χ3n) is 4.07. The molecule has 0 aliphatic carbocycles. The molecule has 1 N–H and O–H groups in total. The fraction of sp³-hybridized carbons (Fsp3) is 0.750. The van der Waals surface area contributed by atoms with Gasteiger partial charge in [-0.15, -0.1) is 0 Å². The van der Waals surface area contributed by atoms with Gasteiger partial charge < -0.3 is 10.2 Å². The highest BCUT2D eigenvalue weighted by Gasteiger charge is 2.19. The minimum atomic E-state index is 0.467. The predicted molar refractivity (Wildman–Crippen MR) is 84.5 cm³/mol. The Kier molecular flexibility index (Phi) is 5.35. The van der Waals surface area contributed by atoms with Crippen molar-refractivity contribution in [1.82, 2.24) is 15.3 Å². The summed E-state index contributed by atoms with van der Waals surface area (Å²) in [6.45, 7) is 13.0.